The highest BCUT2D eigenvalue weighted by Gasteiger charge is 2.19. The normalized spacial score (nSPS) is 11.4. The topological polar surface area (TPSA) is 113 Å². The standard InChI is InChI=1S/C26H26N6O4S/c1-4-36-13-5-12-32-18-15-20-19(30(2)24(34)25(35)31(20)3)14-17(18)28-26(32)29-23(33)22-7-6-21(37-22)16-8-10-27-11-9-16/h6-11,14-15H,4-5,12-13H2,1-3H3,(H,28,29,33). The quantitative estimate of drug-likeness (QED) is 0.249. The van der Waals surface area contributed by atoms with E-state index in [9.17, 15) is 14.4 Å². The Labute approximate surface area is 215 Å². The molecule has 1 amide bonds. The van der Waals surface area contributed by atoms with Crippen molar-refractivity contribution >= 4 is 45.3 Å². The Morgan fingerprint density at radius 1 is 1.00 bits per heavy atom. The predicted octanol–water partition coefficient (Wildman–Crippen LogP) is 3.39. The predicted molar refractivity (Wildman–Crippen MR) is 144 cm³/mol. The van der Waals surface area contributed by atoms with Crippen LogP contribution in [0.4, 0.5) is 5.95 Å². The second-order valence-corrected chi connectivity index (χ2v) is 9.63. The third kappa shape index (κ3) is 4.58. The minimum absolute atomic E-state index is 0.268. The molecule has 11 heteroatoms. The summed E-state index contributed by atoms with van der Waals surface area (Å²) in [6.45, 7) is 3.66. The number of nitrogens with one attached hydrogen (secondary N) is 1. The minimum atomic E-state index is -0.610. The van der Waals surface area contributed by atoms with Crippen LogP contribution in [0.25, 0.3) is 32.5 Å². The molecule has 0 atom stereocenters. The Hall–Kier alpha value is -4.09. The average Bonchev–Trinajstić information content (AvgIpc) is 3.53. The molecule has 0 aliphatic carbocycles. The van der Waals surface area contributed by atoms with E-state index in [-0.39, 0.29) is 5.91 Å². The van der Waals surface area contributed by atoms with Crippen LogP contribution >= 0.6 is 11.3 Å². The van der Waals surface area contributed by atoms with Gasteiger partial charge >= 0.3 is 11.1 Å². The average molecular weight is 519 g/mol. The fourth-order valence-corrected chi connectivity index (χ4v) is 5.18. The van der Waals surface area contributed by atoms with Gasteiger partial charge in [0.25, 0.3) is 5.91 Å². The maximum Gasteiger partial charge on any atom is 0.316 e. The van der Waals surface area contributed by atoms with E-state index in [1.54, 1.807) is 38.6 Å². The molecule has 0 aliphatic heterocycles. The largest absolute Gasteiger partial charge is 0.382 e. The molecule has 1 aromatic carbocycles. The second-order valence-electron chi connectivity index (χ2n) is 8.55. The van der Waals surface area contributed by atoms with Crippen LogP contribution in [0.3, 0.4) is 0 Å². The van der Waals surface area contributed by atoms with E-state index in [4.69, 9.17) is 9.72 Å². The summed E-state index contributed by atoms with van der Waals surface area (Å²) >= 11 is 1.39. The zero-order chi connectivity index (χ0) is 26.1. The van der Waals surface area contributed by atoms with Gasteiger partial charge in [-0.15, -0.1) is 11.3 Å². The van der Waals surface area contributed by atoms with Gasteiger partial charge in [0.2, 0.25) is 5.95 Å². The highest BCUT2D eigenvalue weighted by Crippen LogP contribution is 2.29. The van der Waals surface area contributed by atoms with Gasteiger partial charge in [-0.05, 0) is 55.3 Å². The van der Waals surface area contributed by atoms with Crippen molar-refractivity contribution in [3.05, 3.63) is 74.4 Å². The molecule has 0 bridgehead atoms. The number of ether oxygens (including phenoxy) is 1. The summed E-state index contributed by atoms with van der Waals surface area (Å²) in [4.78, 5) is 48.2. The van der Waals surface area contributed by atoms with E-state index in [2.05, 4.69) is 10.3 Å². The minimum Gasteiger partial charge on any atom is -0.382 e. The van der Waals surface area contributed by atoms with Gasteiger partial charge in [0.15, 0.2) is 0 Å². The lowest BCUT2D eigenvalue weighted by molar-refractivity contribution is 0.102. The molecule has 5 rings (SSSR count). The van der Waals surface area contributed by atoms with Gasteiger partial charge < -0.3 is 18.4 Å². The van der Waals surface area contributed by atoms with E-state index in [1.807, 2.05) is 35.8 Å². The van der Waals surface area contributed by atoms with E-state index in [0.717, 1.165) is 16.0 Å². The molecule has 0 saturated heterocycles. The van der Waals surface area contributed by atoms with Gasteiger partial charge in [0, 0.05) is 51.1 Å². The number of hydrogen-bond acceptors (Lipinski definition) is 7. The molecule has 0 fully saturated rings. The molecule has 0 unspecified atom stereocenters. The van der Waals surface area contributed by atoms with Crippen LogP contribution in [-0.4, -0.2) is 42.8 Å². The van der Waals surface area contributed by atoms with Crippen molar-refractivity contribution in [1.82, 2.24) is 23.7 Å². The Balaban J connectivity index is 1.56. The molecule has 4 heterocycles. The molecule has 10 nitrogen and oxygen atoms in total. The third-order valence-corrected chi connectivity index (χ3v) is 7.39. The Kier molecular flexibility index (Phi) is 6.72. The van der Waals surface area contributed by atoms with Crippen LogP contribution in [0.2, 0.25) is 0 Å². The van der Waals surface area contributed by atoms with E-state index in [0.29, 0.717) is 53.6 Å². The maximum atomic E-state index is 13.2. The molecule has 1 N–H and O–H groups in total. The number of carbonyl (C=O) groups is 1. The molecule has 0 aliphatic rings. The van der Waals surface area contributed by atoms with Crippen LogP contribution in [0.5, 0.6) is 0 Å². The number of benzene rings is 1. The van der Waals surface area contributed by atoms with Crippen LogP contribution < -0.4 is 16.4 Å². The zero-order valence-corrected chi connectivity index (χ0v) is 21.5. The second kappa shape index (κ2) is 10.1. The number of fused-ring (bicyclic) bond motifs is 2. The molecule has 0 radical (unpaired) electrons. The number of aromatic nitrogens is 5. The maximum absolute atomic E-state index is 13.2. The smallest absolute Gasteiger partial charge is 0.316 e. The first-order chi connectivity index (χ1) is 17.9. The number of imidazole rings is 1. The molecule has 0 saturated carbocycles. The van der Waals surface area contributed by atoms with Gasteiger partial charge in [0.05, 0.1) is 26.9 Å². The number of rotatable bonds is 8. The van der Waals surface area contributed by atoms with E-state index >= 15 is 0 Å². The van der Waals surface area contributed by atoms with Crippen LogP contribution in [0.15, 0.2) is 58.4 Å². The lowest BCUT2D eigenvalue weighted by Gasteiger charge is -2.12. The Bertz CT molecular complexity index is 1730. The summed E-state index contributed by atoms with van der Waals surface area (Å²) in [6, 6.07) is 11.1. The van der Waals surface area contributed by atoms with E-state index in [1.165, 1.54) is 20.5 Å². The van der Waals surface area contributed by atoms with Crippen molar-refractivity contribution in [2.75, 3.05) is 18.5 Å². The Morgan fingerprint density at radius 3 is 2.41 bits per heavy atom. The molecule has 190 valence electrons. The molecule has 37 heavy (non-hydrogen) atoms. The summed E-state index contributed by atoms with van der Waals surface area (Å²) in [5, 5.41) is 2.96. The van der Waals surface area contributed by atoms with Crippen molar-refractivity contribution in [3.8, 4) is 10.4 Å². The zero-order valence-electron chi connectivity index (χ0n) is 20.7. The molecule has 4 aromatic heterocycles. The monoisotopic (exact) mass is 518 g/mol. The van der Waals surface area contributed by atoms with Crippen molar-refractivity contribution in [3.63, 3.8) is 0 Å². The summed E-state index contributed by atoms with van der Waals surface area (Å²) in [5.41, 5.74) is 2.31. The first kappa shape index (κ1) is 24.6. The van der Waals surface area contributed by atoms with Gasteiger partial charge in [-0.3, -0.25) is 24.7 Å². The highest BCUT2D eigenvalue weighted by atomic mass is 32.1. The van der Waals surface area contributed by atoms with Crippen LogP contribution in [-0.2, 0) is 25.4 Å². The first-order valence-corrected chi connectivity index (χ1v) is 12.7. The van der Waals surface area contributed by atoms with Crippen LogP contribution in [0, 0.1) is 0 Å². The number of thiophene rings is 1. The summed E-state index contributed by atoms with van der Waals surface area (Å²) < 4.78 is 10.1. The van der Waals surface area contributed by atoms with Crippen molar-refractivity contribution < 1.29 is 9.53 Å². The summed E-state index contributed by atoms with van der Waals surface area (Å²) in [7, 11) is 3.14. The molecular weight excluding hydrogens is 492 g/mol. The van der Waals surface area contributed by atoms with Crippen molar-refractivity contribution in [1.29, 1.82) is 0 Å². The third-order valence-electron chi connectivity index (χ3n) is 6.25. The number of amides is 1. The number of carbonyl (C=O) groups excluding carboxylic acids is 1. The molecular formula is C26H26N6O4S. The number of hydrogen-bond donors (Lipinski definition) is 1. The lowest BCUT2D eigenvalue weighted by atomic mass is 10.2. The van der Waals surface area contributed by atoms with Gasteiger partial charge in [0.1, 0.15) is 0 Å². The van der Waals surface area contributed by atoms with Gasteiger partial charge in [-0.1, -0.05) is 0 Å². The highest BCUT2D eigenvalue weighted by molar-refractivity contribution is 7.17. The van der Waals surface area contributed by atoms with Crippen molar-refractivity contribution in [2.45, 2.75) is 19.9 Å². The van der Waals surface area contributed by atoms with Gasteiger partial charge in [-0.2, -0.15) is 0 Å². The number of pyridine rings is 1. The number of nitrogens with zero attached hydrogens (tertiary/aromatic N) is 5. The Morgan fingerprint density at radius 2 is 1.70 bits per heavy atom. The summed E-state index contributed by atoms with van der Waals surface area (Å²) in [6.07, 6.45) is 4.14. The summed E-state index contributed by atoms with van der Waals surface area (Å²) in [5.74, 6) is 0.122. The molecule has 0 spiro atoms. The first-order valence-electron chi connectivity index (χ1n) is 11.9. The van der Waals surface area contributed by atoms with Crippen LogP contribution in [0.1, 0.15) is 23.0 Å². The fourth-order valence-electron chi connectivity index (χ4n) is 4.28. The van der Waals surface area contributed by atoms with Crippen molar-refractivity contribution in [2.24, 2.45) is 14.1 Å². The lowest BCUT2D eigenvalue weighted by Crippen LogP contribution is -2.39. The fraction of sp³-hybridized carbons (Fsp3) is 0.269. The number of anilines is 1. The van der Waals surface area contributed by atoms with E-state index < -0.39 is 11.1 Å². The SMILES string of the molecule is CCOCCCn1c(NC(=O)c2ccc(-c3ccncc3)s2)nc2cc3c(cc21)n(C)c(=O)c(=O)n3C. The number of aryl methyl sites for hydroxylation is 3. The molecule has 5 aromatic rings. The van der Waals surface area contributed by atoms with Gasteiger partial charge in [-0.25, -0.2) is 4.98 Å².